The predicted octanol–water partition coefficient (Wildman–Crippen LogP) is 3.59. The molecule has 0 saturated carbocycles. The Hall–Kier alpha value is -1.94. The van der Waals surface area contributed by atoms with Gasteiger partial charge in [0.25, 0.3) is 0 Å². The first-order valence-corrected chi connectivity index (χ1v) is 6.33. The summed E-state index contributed by atoms with van der Waals surface area (Å²) in [5.74, 6) is -0.152. The first-order chi connectivity index (χ1) is 9.56. The number of ether oxygens (including phenoxy) is 1. The Bertz CT molecular complexity index is 613. The van der Waals surface area contributed by atoms with Crippen LogP contribution in [0.15, 0.2) is 36.4 Å². The van der Waals surface area contributed by atoms with E-state index in [1.165, 1.54) is 19.2 Å². The highest BCUT2D eigenvalue weighted by atomic mass is 19.1. The van der Waals surface area contributed by atoms with E-state index in [0.29, 0.717) is 16.9 Å². The molecule has 20 heavy (non-hydrogen) atoms. The molecule has 1 unspecified atom stereocenters. The summed E-state index contributed by atoms with van der Waals surface area (Å²) in [6.45, 7) is 1.69. The van der Waals surface area contributed by atoms with Crippen molar-refractivity contribution in [1.82, 2.24) is 5.32 Å². The van der Waals surface area contributed by atoms with Crippen molar-refractivity contribution >= 4 is 0 Å². The van der Waals surface area contributed by atoms with E-state index < -0.39 is 0 Å². The fourth-order valence-corrected chi connectivity index (χ4v) is 2.22. The maximum absolute atomic E-state index is 14.1. The molecule has 0 saturated heterocycles. The molecule has 0 heterocycles. The van der Waals surface area contributed by atoms with Crippen molar-refractivity contribution in [2.45, 2.75) is 13.0 Å². The molecule has 0 fully saturated rings. The van der Waals surface area contributed by atoms with Crippen LogP contribution in [0, 0.1) is 18.6 Å². The summed E-state index contributed by atoms with van der Waals surface area (Å²) in [5, 5.41) is 3.06. The van der Waals surface area contributed by atoms with Gasteiger partial charge in [-0.05, 0) is 37.2 Å². The van der Waals surface area contributed by atoms with E-state index in [4.69, 9.17) is 4.74 Å². The van der Waals surface area contributed by atoms with E-state index in [1.54, 1.807) is 38.2 Å². The van der Waals surface area contributed by atoms with Crippen LogP contribution in [0.5, 0.6) is 5.75 Å². The zero-order valence-electron chi connectivity index (χ0n) is 11.7. The number of hydrogen-bond donors (Lipinski definition) is 1. The maximum atomic E-state index is 14.1. The maximum Gasteiger partial charge on any atom is 0.132 e. The van der Waals surface area contributed by atoms with Crippen LogP contribution in [0.25, 0.3) is 0 Å². The molecule has 1 N–H and O–H groups in total. The van der Waals surface area contributed by atoms with Crippen molar-refractivity contribution in [2.75, 3.05) is 14.2 Å². The summed E-state index contributed by atoms with van der Waals surface area (Å²) in [7, 11) is 3.24. The first-order valence-electron chi connectivity index (χ1n) is 6.33. The van der Waals surface area contributed by atoms with Gasteiger partial charge in [0, 0.05) is 11.6 Å². The Labute approximate surface area is 117 Å². The molecule has 4 heteroatoms. The predicted molar refractivity (Wildman–Crippen MR) is 75.0 cm³/mol. The van der Waals surface area contributed by atoms with Crippen LogP contribution >= 0.6 is 0 Å². The number of benzene rings is 2. The van der Waals surface area contributed by atoms with Gasteiger partial charge in [-0.15, -0.1) is 0 Å². The molecule has 2 aromatic rings. The smallest absolute Gasteiger partial charge is 0.132 e. The standard InChI is InChI=1S/C16H17F2NO/c1-10-8-11(4-7-14(10)17)16(19-2)13-6-5-12(20-3)9-15(13)18/h4-9,16,19H,1-3H3. The third-order valence-corrected chi connectivity index (χ3v) is 3.32. The van der Waals surface area contributed by atoms with Crippen molar-refractivity contribution in [3.8, 4) is 5.75 Å². The SMILES string of the molecule is CNC(c1ccc(F)c(C)c1)c1ccc(OC)cc1F. The quantitative estimate of drug-likeness (QED) is 0.922. The van der Waals surface area contributed by atoms with E-state index in [-0.39, 0.29) is 17.7 Å². The summed E-state index contributed by atoms with van der Waals surface area (Å²) < 4.78 is 32.5. The molecular weight excluding hydrogens is 260 g/mol. The van der Waals surface area contributed by atoms with Crippen LogP contribution < -0.4 is 10.1 Å². The number of aryl methyl sites for hydroxylation is 1. The molecule has 0 radical (unpaired) electrons. The Kier molecular flexibility index (Phi) is 4.35. The Balaban J connectivity index is 2.43. The van der Waals surface area contributed by atoms with Crippen LogP contribution in [0.3, 0.4) is 0 Å². The van der Waals surface area contributed by atoms with Gasteiger partial charge in [-0.25, -0.2) is 8.78 Å². The highest BCUT2D eigenvalue weighted by molar-refractivity contribution is 5.38. The van der Waals surface area contributed by atoms with Crippen LogP contribution in [0.4, 0.5) is 8.78 Å². The lowest BCUT2D eigenvalue weighted by Gasteiger charge is -2.19. The van der Waals surface area contributed by atoms with Crippen molar-refractivity contribution < 1.29 is 13.5 Å². The minimum Gasteiger partial charge on any atom is -0.497 e. The molecule has 1 atom stereocenters. The molecule has 0 aliphatic heterocycles. The lowest BCUT2D eigenvalue weighted by molar-refractivity contribution is 0.410. The van der Waals surface area contributed by atoms with Gasteiger partial charge in [0.15, 0.2) is 0 Å². The van der Waals surface area contributed by atoms with Crippen molar-refractivity contribution in [2.24, 2.45) is 0 Å². The normalized spacial score (nSPS) is 12.2. The molecule has 0 bridgehead atoms. The van der Waals surface area contributed by atoms with Gasteiger partial charge in [0.1, 0.15) is 17.4 Å². The topological polar surface area (TPSA) is 21.3 Å². The summed E-state index contributed by atoms with van der Waals surface area (Å²) in [6, 6.07) is 9.17. The molecule has 2 aromatic carbocycles. The summed E-state index contributed by atoms with van der Waals surface area (Å²) in [6.07, 6.45) is 0. The second-order valence-corrected chi connectivity index (χ2v) is 4.62. The van der Waals surface area contributed by atoms with E-state index in [9.17, 15) is 8.78 Å². The summed E-state index contributed by atoms with van der Waals surface area (Å²) in [5.41, 5.74) is 1.85. The minimum absolute atomic E-state index is 0.265. The van der Waals surface area contributed by atoms with Crippen molar-refractivity contribution in [3.63, 3.8) is 0 Å². The van der Waals surface area contributed by atoms with E-state index in [2.05, 4.69) is 5.32 Å². The average Bonchev–Trinajstić information content (AvgIpc) is 2.45. The van der Waals surface area contributed by atoms with E-state index in [0.717, 1.165) is 5.56 Å². The second-order valence-electron chi connectivity index (χ2n) is 4.62. The highest BCUT2D eigenvalue weighted by Crippen LogP contribution is 2.27. The fraction of sp³-hybridized carbons (Fsp3) is 0.250. The third-order valence-electron chi connectivity index (χ3n) is 3.32. The zero-order valence-corrected chi connectivity index (χ0v) is 11.7. The van der Waals surface area contributed by atoms with Gasteiger partial charge in [0.05, 0.1) is 13.2 Å². The molecule has 2 nitrogen and oxygen atoms in total. The van der Waals surface area contributed by atoms with E-state index in [1.807, 2.05) is 0 Å². The number of methoxy groups -OCH3 is 1. The molecule has 0 aromatic heterocycles. The number of hydrogen-bond acceptors (Lipinski definition) is 2. The van der Waals surface area contributed by atoms with Crippen LogP contribution in [0.2, 0.25) is 0 Å². The van der Waals surface area contributed by atoms with Gasteiger partial charge in [-0.2, -0.15) is 0 Å². The lowest BCUT2D eigenvalue weighted by Crippen LogP contribution is -2.19. The average molecular weight is 277 g/mol. The number of rotatable bonds is 4. The van der Waals surface area contributed by atoms with Crippen molar-refractivity contribution in [3.05, 3.63) is 64.7 Å². The van der Waals surface area contributed by atoms with Crippen LogP contribution in [-0.4, -0.2) is 14.2 Å². The highest BCUT2D eigenvalue weighted by Gasteiger charge is 2.17. The third kappa shape index (κ3) is 2.80. The lowest BCUT2D eigenvalue weighted by atomic mass is 9.96. The Morgan fingerprint density at radius 3 is 2.35 bits per heavy atom. The van der Waals surface area contributed by atoms with Gasteiger partial charge < -0.3 is 10.1 Å². The number of nitrogens with one attached hydrogen (secondary N) is 1. The van der Waals surface area contributed by atoms with Crippen LogP contribution in [0.1, 0.15) is 22.7 Å². The summed E-state index contributed by atoms with van der Waals surface area (Å²) in [4.78, 5) is 0. The molecule has 106 valence electrons. The Morgan fingerprint density at radius 2 is 1.80 bits per heavy atom. The number of halogens is 2. The van der Waals surface area contributed by atoms with Gasteiger partial charge in [-0.3, -0.25) is 0 Å². The van der Waals surface area contributed by atoms with E-state index >= 15 is 0 Å². The molecule has 0 spiro atoms. The van der Waals surface area contributed by atoms with Crippen molar-refractivity contribution in [1.29, 1.82) is 0 Å². The molecule has 0 aliphatic rings. The zero-order chi connectivity index (χ0) is 14.7. The molecule has 2 rings (SSSR count). The molecule has 0 amide bonds. The minimum atomic E-state index is -0.356. The van der Waals surface area contributed by atoms with Crippen LogP contribution in [-0.2, 0) is 0 Å². The monoisotopic (exact) mass is 277 g/mol. The first kappa shape index (κ1) is 14.5. The van der Waals surface area contributed by atoms with Gasteiger partial charge in [-0.1, -0.05) is 18.2 Å². The second kappa shape index (κ2) is 6.01. The van der Waals surface area contributed by atoms with Gasteiger partial charge >= 0.3 is 0 Å². The molecular formula is C16H17F2NO. The van der Waals surface area contributed by atoms with Gasteiger partial charge in [0.2, 0.25) is 0 Å². The molecule has 0 aliphatic carbocycles. The summed E-state index contributed by atoms with van der Waals surface area (Å²) >= 11 is 0. The fourth-order valence-electron chi connectivity index (χ4n) is 2.22. The Morgan fingerprint density at radius 1 is 1.05 bits per heavy atom. The largest absolute Gasteiger partial charge is 0.497 e.